The fraction of sp³-hybridized carbons (Fsp3) is 0.636. The standard InChI is InChI=1S/C11H18N4O/c1-8(11(12)16)15-7-13-6-10(15)9-4-2-3-5-14-9/h6-9,14H,2-5H2,1H3,(H2,12,16). The predicted octanol–water partition coefficient (Wildman–Crippen LogP) is 0.744. The van der Waals surface area contributed by atoms with Gasteiger partial charge in [0.1, 0.15) is 6.04 Å². The van der Waals surface area contributed by atoms with Crippen LogP contribution in [0.2, 0.25) is 0 Å². The second-order valence-corrected chi connectivity index (χ2v) is 4.31. The van der Waals surface area contributed by atoms with Gasteiger partial charge in [0.15, 0.2) is 0 Å². The molecule has 2 unspecified atom stereocenters. The molecule has 5 heteroatoms. The molecule has 0 radical (unpaired) electrons. The summed E-state index contributed by atoms with van der Waals surface area (Å²) in [5.74, 6) is -0.324. The monoisotopic (exact) mass is 222 g/mol. The van der Waals surface area contributed by atoms with Gasteiger partial charge in [-0.3, -0.25) is 4.79 Å². The van der Waals surface area contributed by atoms with Gasteiger partial charge in [0.05, 0.1) is 12.0 Å². The number of rotatable bonds is 3. The summed E-state index contributed by atoms with van der Waals surface area (Å²) in [6.07, 6.45) is 7.03. The third-order valence-electron chi connectivity index (χ3n) is 3.19. The van der Waals surface area contributed by atoms with E-state index < -0.39 is 0 Å². The van der Waals surface area contributed by atoms with E-state index in [2.05, 4.69) is 10.3 Å². The van der Waals surface area contributed by atoms with E-state index in [4.69, 9.17) is 5.73 Å². The molecule has 0 bridgehead atoms. The summed E-state index contributed by atoms with van der Waals surface area (Å²) >= 11 is 0. The number of carbonyl (C=O) groups excluding carboxylic acids is 1. The summed E-state index contributed by atoms with van der Waals surface area (Å²) in [6, 6.07) is -0.0284. The maximum Gasteiger partial charge on any atom is 0.240 e. The Balaban J connectivity index is 2.20. The number of carbonyl (C=O) groups is 1. The van der Waals surface area contributed by atoms with Crippen molar-refractivity contribution in [1.82, 2.24) is 14.9 Å². The van der Waals surface area contributed by atoms with Gasteiger partial charge in [0.2, 0.25) is 5.91 Å². The van der Waals surface area contributed by atoms with E-state index in [0.29, 0.717) is 6.04 Å². The lowest BCUT2D eigenvalue weighted by molar-refractivity contribution is -0.120. The van der Waals surface area contributed by atoms with Crippen LogP contribution in [-0.4, -0.2) is 22.0 Å². The van der Waals surface area contributed by atoms with Crippen molar-refractivity contribution in [2.24, 2.45) is 5.73 Å². The molecule has 1 aliphatic rings. The number of piperidine rings is 1. The van der Waals surface area contributed by atoms with Crippen molar-refractivity contribution in [1.29, 1.82) is 0 Å². The van der Waals surface area contributed by atoms with Gasteiger partial charge in [0, 0.05) is 12.2 Å². The fourth-order valence-corrected chi connectivity index (χ4v) is 2.15. The summed E-state index contributed by atoms with van der Waals surface area (Å²) in [6.45, 7) is 2.83. The molecule has 1 saturated heterocycles. The van der Waals surface area contributed by atoms with Crippen molar-refractivity contribution < 1.29 is 4.79 Å². The Morgan fingerprint density at radius 1 is 1.69 bits per heavy atom. The van der Waals surface area contributed by atoms with Crippen LogP contribution in [0.15, 0.2) is 12.5 Å². The Hall–Kier alpha value is -1.36. The highest BCUT2D eigenvalue weighted by Gasteiger charge is 2.22. The van der Waals surface area contributed by atoms with Crippen LogP contribution >= 0.6 is 0 Å². The quantitative estimate of drug-likeness (QED) is 0.792. The molecule has 0 spiro atoms. The van der Waals surface area contributed by atoms with E-state index in [1.807, 2.05) is 10.8 Å². The molecule has 1 aromatic rings. The highest BCUT2D eigenvalue weighted by molar-refractivity contribution is 5.78. The first-order valence-electron chi connectivity index (χ1n) is 5.74. The van der Waals surface area contributed by atoms with Gasteiger partial charge >= 0.3 is 0 Å². The first kappa shape index (κ1) is 11.1. The smallest absolute Gasteiger partial charge is 0.240 e. The van der Waals surface area contributed by atoms with Gasteiger partial charge in [0.25, 0.3) is 0 Å². The van der Waals surface area contributed by atoms with Gasteiger partial charge in [-0.1, -0.05) is 6.42 Å². The van der Waals surface area contributed by atoms with Crippen LogP contribution < -0.4 is 11.1 Å². The lowest BCUT2D eigenvalue weighted by Gasteiger charge is -2.25. The van der Waals surface area contributed by atoms with E-state index in [1.54, 1.807) is 13.3 Å². The minimum atomic E-state index is -0.332. The number of hydrogen-bond donors (Lipinski definition) is 2. The maximum absolute atomic E-state index is 11.2. The van der Waals surface area contributed by atoms with Crippen LogP contribution in [0.1, 0.15) is 44.0 Å². The zero-order valence-corrected chi connectivity index (χ0v) is 9.52. The Labute approximate surface area is 95.0 Å². The Bertz CT molecular complexity index is 368. The minimum absolute atomic E-state index is 0.304. The average Bonchev–Trinajstić information content (AvgIpc) is 2.77. The van der Waals surface area contributed by atoms with E-state index in [-0.39, 0.29) is 11.9 Å². The molecule has 1 fully saturated rings. The van der Waals surface area contributed by atoms with E-state index in [0.717, 1.165) is 18.7 Å². The molecule has 88 valence electrons. The van der Waals surface area contributed by atoms with Crippen LogP contribution in [0.4, 0.5) is 0 Å². The van der Waals surface area contributed by atoms with Crippen LogP contribution in [0.5, 0.6) is 0 Å². The van der Waals surface area contributed by atoms with Crippen LogP contribution in [-0.2, 0) is 4.79 Å². The second-order valence-electron chi connectivity index (χ2n) is 4.31. The number of nitrogens with zero attached hydrogens (tertiary/aromatic N) is 2. The normalized spacial score (nSPS) is 22.9. The molecule has 3 N–H and O–H groups in total. The Kier molecular flexibility index (Phi) is 3.24. The molecular formula is C11H18N4O. The third-order valence-corrected chi connectivity index (χ3v) is 3.19. The number of hydrogen-bond acceptors (Lipinski definition) is 3. The van der Waals surface area contributed by atoms with Gasteiger partial charge in [-0.15, -0.1) is 0 Å². The summed E-state index contributed by atoms with van der Waals surface area (Å²) in [5.41, 5.74) is 6.38. The minimum Gasteiger partial charge on any atom is -0.368 e. The van der Waals surface area contributed by atoms with E-state index in [1.165, 1.54) is 12.8 Å². The molecule has 16 heavy (non-hydrogen) atoms. The van der Waals surface area contributed by atoms with Crippen LogP contribution in [0.25, 0.3) is 0 Å². The van der Waals surface area contributed by atoms with E-state index in [9.17, 15) is 4.79 Å². The third kappa shape index (κ3) is 2.09. The lowest BCUT2D eigenvalue weighted by atomic mass is 10.0. The number of aromatic nitrogens is 2. The summed E-state index contributed by atoms with van der Waals surface area (Å²) < 4.78 is 1.87. The van der Waals surface area contributed by atoms with Gasteiger partial charge in [-0.25, -0.2) is 4.98 Å². The highest BCUT2D eigenvalue weighted by atomic mass is 16.1. The summed E-state index contributed by atoms with van der Waals surface area (Å²) in [7, 11) is 0. The Morgan fingerprint density at radius 2 is 2.50 bits per heavy atom. The lowest BCUT2D eigenvalue weighted by Crippen LogP contribution is -2.31. The van der Waals surface area contributed by atoms with Crippen molar-refractivity contribution in [3.8, 4) is 0 Å². The molecule has 0 saturated carbocycles. The van der Waals surface area contributed by atoms with Crippen molar-refractivity contribution in [2.75, 3.05) is 6.54 Å². The number of nitrogens with two attached hydrogens (primary N) is 1. The predicted molar refractivity (Wildman–Crippen MR) is 60.7 cm³/mol. The van der Waals surface area contributed by atoms with Gasteiger partial charge in [-0.05, 0) is 26.3 Å². The van der Waals surface area contributed by atoms with Crippen molar-refractivity contribution in [3.05, 3.63) is 18.2 Å². The number of nitrogens with one attached hydrogen (secondary N) is 1. The van der Waals surface area contributed by atoms with Crippen molar-refractivity contribution in [3.63, 3.8) is 0 Å². The van der Waals surface area contributed by atoms with Crippen LogP contribution in [0.3, 0.4) is 0 Å². The van der Waals surface area contributed by atoms with Crippen molar-refractivity contribution in [2.45, 2.75) is 38.3 Å². The van der Waals surface area contributed by atoms with Crippen molar-refractivity contribution >= 4 is 5.91 Å². The summed E-state index contributed by atoms with van der Waals surface area (Å²) in [5, 5.41) is 3.44. The highest BCUT2D eigenvalue weighted by Crippen LogP contribution is 2.24. The molecule has 1 aromatic heterocycles. The molecule has 5 nitrogen and oxygen atoms in total. The molecule has 0 aromatic carbocycles. The molecule has 1 aliphatic heterocycles. The zero-order valence-electron chi connectivity index (χ0n) is 9.52. The topological polar surface area (TPSA) is 72.9 Å². The summed E-state index contributed by atoms with van der Waals surface area (Å²) in [4.78, 5) is 15.3. The SMILES string of the molecule is CC(C(N)=O)n1cncc1C1CCCCN1. The maximum atomic E-state index is 11.2. The largest absolute Gasteiger partial charge is 0.368 e. The number of imidazole rings is 1. The molecular weight excluding hydrogens is 204 g/mol. The number of amides is 1. The molecule has 2 atom stereocenters. The molecule has 1 amide bonds. The average molecular weight is 222 g/mol. The molecule has 2 heterocycles. The Morgan fingerprint density at radius 3 is 3.12 bits per heavy atom. The van der Waals surface area contributed by atoms with Gasteiger partial charge in [-0.2, -0.15) is 0 Å². The molecule has 2 rings (SSSR count). The van der Waals surface area contributed by atoms with Crippen LogP contribution in [0, 0.1) is 0 Å². The second kappa shape index (κ2) is 4.65. The number of primary amides is 1. The zero-order chi connectivity index (χ0) is 11.5. The van der Waals surface area contributed by atoms with E-state index >= 15 is 0 Å². The fourth-order valence-electron chi connectivity index (χ4n) is 2.15. The first-order chi connectivity index (χ1) is 7.70. The first-order valence-corrected chi connectivity index (χ1v) is 5.74. The molecule has 0 aliphatic carbocycles. The van der Waals surface area contributed by atoms with Gasteiger partial charge < -0.3 is 15.6 Å².